The van der Waals surface area contributed by atoms with Crippen LogP contribution in [0.2, 0.25) is 0 Å². The van der Waals surface area contributed by atoms with Crippen molar-refractivity contribution in [3.8, 4) is 0 Å². The summed E-state index contributed by atoms with van der Waals surface area (Å²) in [5.41, 5.74) is 13.9. The average Bonchev–Trinajstić information content (AvgIpc) is 3.14. The Balaban J connectivity index is 1.46. The first kappa shape index (κ1) is 30.5. The molecule has 6 N–H and O–H groups in total. The summed E-state index contributed by atoms with van der Waals surface area (Å²) in [6, 6.07) is 25.9. The van der Waals surface area contributed by atoms with E-state index in [4.69, 9.17) is 11.5 Å². The van der Waals surface area contributed by atoms with Gasteiger partial charge in [-0.3, -0.25) is 14.6 Å². The summed E-state index contributed by atoms with van der Waals surface area (Å²) >= 11 is 0. The molecule has 0 radical (unpaired) electrons. The van der Waals surface area contributed by atoms with Crippen molar-refractivity contribution in [2.75, 3.05) is 26.2 Å². The van der Waals surface area contributed by atoms with Crippen LogP contribution >= 0.6 is 0 Å². The molecule has 3 aromatic rings. The van der Waals surface area contributed by atoms with Crippen LogP contribution in [0.15, 0.2) is 96.0 Å². The van der Waals surface area contributed by atoms with Gasteiger partial charge < -0.3 is 27.0 Å². The number of carbonyl (C=O) groups excluding carboxylic acids is 2. The highest BCUT2D eigenvalue weighted by Gasteiger charge is 2.32. The highest BCUT2D eigenvalue weighted by Crippen LogP contribution is 2.27. The molecule has 2 amide bonds. The Hall–Kier alpha value is -4.50. The van der Waals surface area contributed by atoms with Gasteiger partial charge in [0.1, 0.15) is 5.82 Å². The number of nitrogens with two attached hydrogens (primary N) is 2. The lowest BCUT2D eigenvalue weighted by Gasteiger charge is -2.29. The number of hydrogen-bond acceptors (Lipinski definition) is 4. The van der Waals surface area contributed by atoms with Crippen LogP contribution in [0.4, 0.5) is 4.39 Å². The molecule has 2 atom stereocenters. The van der Waals surface area contributed by atoms with Gasteiger partial charge in [0.25, 0.3) is 0 Å². The summed E-state index contributed by atoms with van der Waals surface area (Å²) in [6.45, 7) is 1.86. The largest absolute Gasteiger partial charge is 0.370 e. The number of guanidine groups is 1. The number of amides is 2. The van der Waals surface area contributed by atoms with Crippen molar-refractivity contribution in [3.63, 3.8) is 0 Å². The quantitative estimate of drug-likeness (QED) is 0.115. The van der Waals surface area contributed by atoms with E-state index in [1.807, 2.05) is 41.3 Å². The highest BCUT2D eigenvalue weighted by atomic mass is 19.1. The van der Waals surface area contributed by atoms with E-state index in [1.165, 1.54) is 18.2 Å². The van der Waals surface area contributed by atoms with E-state index in [0.717, 1.165) is 11.1 Å². The molecule has 1 heterocycles. The molecule has 0 saturated carbocycles. The van der Waals surface area contributed by atoms with Crippen LogP contribution in [0.1, 0.15) is 41.9 Å². The van der Waals surface area contributed by atoms with Crippen molar-refractivity contribution < 1.29 is 14.0 Å². The highest BCUT2D eigenvalue weighted by molar-refractivity contribution is 5.91. The van der Waals surface area contributed by atoms with Crippen molar-refractivity contribution >= 4 is 23.8 Å². The summed E-state index contributed by atoms with van der Waals surface area (Å²) in [7, 11) is 0. The second-order valence-corrected chi connectivity index (χ2v) is 10.4. The first-order chi connectivity index (χ1) is 20.4. The number of aliphatic imine (C=N–C) groups is 1. The van der Waals surface area contributed by atoms with Crippen molar-refractivity contribution in [3.05, 3.63) is 114 Å². The number of rotatable bonds is 12. The SMILES string of the molecule is NC(N)=NCCC[C@@H]1N[C@H](CNC(=O)C=Cc2cccc(F)c2)CCN(CC(c2ccccc2)c2ccccc2)C1=O. The van der Waals surface area contributed by atoms with E-state index in [-0.39, 0.29) is 35.6 Å². The van der Waals surface area contributed by atoms with E-state index < -0.39 is 6.04 Å². The molecular formula is C33H39FN6O2. The van der Waals surface area contributed by atoms with Gasteiger partial charge in [0.15, 0.2) is 5.96 Å². The van der Waals surface area contributed by atoms with Gasteiger partial charge in [0.2, 0.25) is 11.8 Å². The average molecular weight is 571 g/mol. The molecule has 3 aromatic carbocycles. The van der Waals surface area contributed by atoms with E-state index in [2.05, 4.69) is 39.9 Å². The number of benzene rings is 3. The van der Waals surface area contributed by atoms with Crippen LogP contribution in [-0.2, 0) is 9.59 Å². The van der Waals surface area contributed by atoms with Crippen LogP contribution in [0.5, 0.6) is 0 Å². The molecule has 1 saturated heterocycles. The molecule has 4 rings (SSSR count). The maximum Gasteiger partial charge on any atom is 0.244 e. The monoisotopic (exact) mass is 570 g/mol. The summed E-state index contributed by atoms with van der Waals surface area (Å²) in [5.74, 6) is -0.579. The summed E-state index contributed by atoms with van der Waals surface area (Å²) in [5, 5.41) is 6.41. The normalized spacial score (nSPS) is 17.3. The van der Waals surface area contributed by atoms with E-state index in [1.54, 1.807) is 18.2 Å². The van der Waals surface area contributed by atoms with Crippen LogP contribution in [-0.4, -0.2) is 60.9 Å². The molecule has 42 heavy (non-hydrogen) atoms. The third kappa shape index (κ3) is 9.27. The molecule has 0 aromatic heterocycles. The maximum absolute atomic E-state index is 13.9. The molecule has 0 unspecified atom stereocenters. The van der Waals surface area contributed by atoms with Crippen LogP contribution < -0.4 is 22.1 Å². The standard InChI is InChI=1S/C33H39FN6O2/c34-27-14-7-9-24(21-27)16-17-31(41)38-22-28-18-20-40(32(42)30(39-28)15-8-19-37-33(35)36)23-29(25-10-3-1-4-11-25)26-12-5-2-6-13-26/h1-7,9-14,16-17,21,28-30,39H,8,15,18-20,22-23H2,(H,38,41)(H4,35,36,37)/t28-,30-/m0/s1. The van der Waals surface area contributed by atoms with Crippen molar-refractivity contribution in [1.29, 1.82) is 0 Å². The number of carbonyl (C=O) groups is 2. The molecule has 9 heteroatoms. The topological polar surface area (TPSA) is 126 Å². The van der Waals surface area contributed by atoms with Gasteiger partial charge in [0.05, 0.1) is 6.04 Å². The van der Waals surface area contributed by atoms with E-state index >= 15 is 0 Å². The van der Waals surface area contributed by atoms with Gasteiger partial charge in [-0.2, -0.15) is 0 Å². The number of nitrogens with zero attached hydrogens (tertiary/aromatic N) is 2. The summed E-state index contributed by atoms with van der Waals surface area (Å²) in [4.78, 5) is 32.4. The van der Waals surface area contributed by atoms with Gasteiger partial charge in [-0.1, -0.05) is 72.8 Å². The number of halogens is 1. The van der Waals surface area contributed by atoms with Gasteiger partial charge in [-0.05, 0) is 54.2 Å². The fourth-order valence-electron chi connectivity index (χ4n) is 5.19. The Labute approximate surface area is 246 Å². The summed E-state index contributed by atoms with van der Waals surface area (Å²) < 4.78 is 13.4. The molecule has 1 fully saturated rings. The molecule has 8 nitrogen and oxygen atoms in total. The van der Waals surface area contributed by atoms with Gasteiger partial charge >= 0.3 is 0 Å². The lowest BCUT2D eigenvalue weighted by atomic mass is 9.90. The zero-order valence-corrected chi connectivity index (χ0v) is 23.7. The van der Waals surface area contributed by atoms with Crippen LogP contribution in [0.25, 0.3) is 6.08 Å². The second-order valence-electron chi connectivity index (χ2n) is 10.4. The lowest BCUT2D eigenvalue weighted by molar-refractivity contribution is -0.133. The Morgan fingerprint density at radius 2 is 1.74 bits per heavy atom. The third-order valence-corrected chi connectivity index (χ3v) is 7.34. The molecule has 1 aliphatic rings. The van der Waals surface area contributed by atoms with Gasteiger partial charge in [-0.25, -0.2) is 4.39 Å². The van der Waals surface area contributed by atoms with Crippen LogP contribution in [0, 0.1) is 5.82 Å². The Morgan fingerprint density at radius 1 is 1.05 bits per heavy atom. The fourth-order valence-corrected chi connectivity index (χ4v) is 5.19. The van der Waals surface area contributed by atoms with Crippen molar-refractivity contribution in [2.45, 2.75) is 37.3 Å². The fraction of sp³-hybridized carbons (Fsp3) is 0.303. The summed E-state index contributed by atoms with van der Waals surface area (Å²) in [6.07, 6.45) is 4.81. The molecular weight excluding hydrogens is 531 g/mol. The Morgan fingerprint density at radius 3 is 2.38 bits per heavy atom. The Kier molecular flexibility index (Phi) is 11.2. The predicted molar refractivity (Wildman–Crippen MR) is 165 cm³/mol. The zero-order chi connectivity index (χ0) is 29.7. The minimum atomic E-state index is -0.446. The first-order valence-corrected chi connectivity index (χ1v) is 14.3. The lowest BCUT2D eigenvalue weighted by Crippen LogP contribution is -2.49. The zero-order valence-electron chi connectivity index (χ0n) is 23.7. The van der Waals surface area contributed by atoms with Gasteiger partial charge in [-0.15, -0.1) is 0 Å². The smallest absolute Gasteiger partial charge is 0.244 e. The van der Waals surface area contributed by atoms with Crippen molar-refractivity contribution in [1.82, 2.24) is 15.5 Å². The molecule has 0 aliphatic carbocycles. The number of hydrogen-bond donors (Lipinski definition) is 4. The number of nitrogens with one attached hydrogen (secondary N) is 2. The minimum Gasteiger partial charge on any atom is -0.370 e. The Bertz CT molecular complexity index is 1320. The molecule has 0 spiro atoms. The van der Waals surface area contributed by atoms with Gasteiger partial charge in [0, 0.05) is 44.2 Å². The van der Waals surface area contributed by atoms with Crippen LogP contribution in [0.3, 0.4) is 0 Å². The molecule has 1 aliphatic heterocycles. The van der Waals surface area contributed by atoms with E-state index in [0.29, 0.717) is 51.0 Å². The maximum atomic E-state index is 13.9. The molecule has 220 valence electrons. The second kappa shape index (κ2) is 15.5. The minimum absolute atomic E-state index is 0.0165. The van der Waals surface area contributed by atoms with E-state index in [9.17, 15) is 14.0 Å². The molecule has 0 bridgehead atoms. The van der Waals surface area contributed by atoms with Crippen molar-refractivity contribution in [2.24, 2.45) is 16.5 Å². The first-order valence-electron chi connectivity index (χ1n) is 14.3. The predicted octanol–water partition coefficient (Wildman–Crippen LogP) is 3.40. The third-order valence-electron chi connectivity index (χ3n) is 7.34.